The van der Waals surface area contributed by atoms with Gasteiger partial charge in [-0.25, -0.2) is 0 Å². The molecule has 0 bridgehead atoms. The summed E-state index contributed by atoms with van der Waals surface area (Å²) in [5.41, 5.74) is 0. The van der Waals surface area contributed by atoms with Crippen LogP contribution in [0.3, 0.4) is 0 Å². The first-order valence-electron chi connectivity index (χ1n) is 6.09. The van der Waals surface area contributed by atoms with Crippen LogP contribution in [0.4, 0.5) is 0 Å². The molecule has 0 amide bonds. The number of carbonyl (C=O) groups excluding carboxylic acids is 1. The maximum absolute atomic E-state index is 11.7. The van der Waals surface area contributed by atoms with Gasteiger partial charge in [-0.2, -0.15) is 0 Å². The van der Waals surface area contributed by atoms with Crippen molar-refractivity contribution in [2.75, 3.05) is 18.1 Å². The third-order valence-corrected chi connectivity index (χ3v) is 3.53. The van der Waals surface area contributed by atoms with Crippen LogP contribution >= 0.6 is 0 Å². The zero-order valence-electron chi connectivity index (χ0n) is 11.2. The van der Waals surface area contributed by atoms with E-state index in [1.165, 1.54) is 6.92 Å². The number of hydrogen-bond acceptors (Lipinski definition) is 4. The summed E-state index contributed by atoms with van der Waals surface area (Å²) in [5, 5.41) is 0. The quantitative estimate of drug-likeness (QED) is 0.597. The van der Waals surface area contributed by atoms with E-state index in [0.717, 1.165) is 12.8 Å². The molecule has 0 rings (SSSR count). The van der Waals surface area contributed by atoms with Crippen molar-refractivity contribution in [3.8, 4) is 0 Å². The number of rotatable bonds is 9. The molecule has 0 saturated carbocycles. The van der Waals surface area contributed by atoms with Crippen molar-refractivity contribution >= 4 is 16.8 Å². The Labute approximate surface area is 107 Å². The second-order valence-corrected chi connectivity index (χ2v) is 5.90. The number of hydrogen-bond donors (Lipinski definition) is 0. The molecule has 4 nitrogen and oxygen atoms in total. The lowest BCUT2D eigenvalue weighted by molar-refractivity contribution is -0.148. The van der Waals surface area contributed by atoms with Gasteiger partial charge in [0.25, 0.3) is 0 Å². The number of unbranched alkanes of at least 4 members (excludes halogenated alkanes) is 1. The Morgan fingerprint density at radius 2 is 2.00 bits per heavy atom. The molecular weight excluding hydrogens is 240 g/mol. The van der Waals surface area contributed by atoms with E-state index < -0.39 is 16.9 Å². The molecule has 0 saturated heterocycles. The van der Waals surface area contributed by atoms with Gasteiger partial charge in [-0.15, -0.1) is 0 Å². The highest BCUT2D eigenvalue weighted by Crippen LogP contribution is 2.02. The van der Waals surface area contributed by atoms with Gasteiger partial charge in [0.05, 0.1) is 18.5 Å². The van der Waals surface area contributed by atoms with Crippen LogP contribution in [0.2, 0.25) is 0 Å². The predicted octanol–water partition coefficient (Wildman–Crippen LogP) is 1.89. The van der Waals surface area contributed by atoms with Gasteiger partial charge in [-0.1, -0.05) is 13.3 Å². The van der Waals surface area contributed by atoms with Crippen molar-refractivity contribution in [3.05, 3.63) is 0 Å². The maximum Gasteiger partial charge on any atom is 0.303 e. The highest BCUT2D eigenvalue weighted by Gasteiger charge is 2.16. The van der Waals surface area contributed by atoms with Gasteiger partial charge in [-0.05, 0) is 20.3 Å². The molecule has 0 aromatic carbocycles. The molecule has 0 aliphatic rings. The van der Waals surface area contributed by atoms with Crippen molar-refractivity contribution in [2.45, 2.75) is 52.7 Å². The van der Waals surface area contributed by atoms with E-state index in [-0.39, 0.29) is 12.1 Å². The first kappa shape index (κ1) is 16.6. The zero-order chi connectivity index (χ0) is 13.3. The van der Waals surface area contributed by atoms with Crippen LogP contribution in [0.25, 0.3) is 0 Å². The van der Waals surface area contributed by atoms with Crippen LogP contribution in [-0.2, 0) is 25.1 Å². The van der Waals surface area contributed by atoms with Crippen LogP contribution < -0.4 is 0 Å². The Morgan fingerprint density at radius 1 is 1.35 bits per heavy atom. The van der Waals surface area contributed by atoms with E-state index in [4.69, 9.17) is 9.47 Å². The molecule has 0 aromatic heterocycles. The molecule has 17 heavy (non-hydrogen) atoms. The topological polar surface area (TPSA) is 52.6 Å². The van der Waals surface area contributed by atoms with Crippen molar-refractivity contribution in [1.29, 1.82) is 0 Å². The minimum absolute atomic E-state index is 0.0807. The van der Waals surface area contributed by atoms with Crippen LogP contribution in [0, 0.1) is 0 Å². The first-order valence-corrected chi connectivity index (χ1v) is 7.58. The highest BCUT2D eigenvalue weighted by molar-refractivity contribution is 7.85. The fourth-order valence-corrected chi connectivity index (χ4v) is 2.60. The van der Waals surface area contributed by atoms with E-state index in [1.807, 2.05) is 13.8 Å². The fraction of sp³-hybridized carbons (Fsp3) is 0.917. The van der Waals surface area contributed by atoms with E-state index in [0.29, 0.717) is 18.1 Å². The largest absolute Gasteiger partial charge is 0.459 e. The average Bonchev–Trinajstić information content (AvgIpc) is 2.22. The normalized spacial score (nSPS) is 14.6. The lowest BCUT2D eigenvalue weighted by atomic mass is 10.4. The molecule has 0 aliphatic carbocycles. The molecule has 102 valence electrons. The standard InChI is InChI=1S/C12H24O4S/c1-5-6-7-17(14)9-12(16-11(4)13)8-15-10(2)3/h10,12H,5-9H2,1-4H3/t12-,17-/m0/s1. The monoisotopic (exact) mass is 264 g/mol. The minimum atomic E-state index is -0.938. The summed E-state index contributed by atoms with van der Waals surface area (Å²) < 4.78 is 22.2. The Kier molecular flexibility index (Phi) is 9.36. The van der Waals surface area contributed by atoms with Crippen LogP contribution in [0.1, 0.15) is 40.5 Å². The number of carbonyl (C=O) groups is 1. The SMILES string of the molecule is CCCC[S@](=O)C[C@H](COC(C)C)OC(C)=O. The summed E-state index contributed by atoms with van der Waals surface area (Å²) in [6.07, 6.45) is 1.64. The molecule has 0 aromatic rings. The van der Waals surface area contributed by atoms with Crippen molar-refractivity contribution in [2.24, 2.45) is 0 Å². The molecule has 5 heteroatoms. The van der Waals surface area contributed by atoms with E-state index in [9.17, 15) is 9.00 Å². The summed E-state index contributed by atoms with van der Waals surface area (Å²) in [6, 6.07) is 0. The lowest BCUT2D eigenvalue weighted by Crippen LogP contribution is -2.30. The van der Waals surface area contributed by atoms with Crippen LogP contribution in [-0.4, -0.2) is 40.5 Å². The van der Waals surface area contributed by atoms with Crippen LogP contribution in [0.15, 0.2) is 0 Å². The molecule has 0 radical (unpaired) electrons. The molecule has 0 N–H and O–H groups in total. The average molecular weight is 264 g/mol. The molecule has 0 heterocycles. The van der Waals surface area contributed by atoms with Gasteiger partial charge in [0.2, 0.25) is 0 Å². The van der Waals surface area contributed by atoms with Crippen molar-refractivity contribution < 1.29 is 18.5 Å². The Morgan fingerprint density at radius 3 is 2.47 bits per heavy atom. The van der Waals surface area contributed by atoms with E-state index >= 15 is 0 Å². The Balaban J connectivity index is 4.08. The summed E-state index contributed by atoms with van der Waals surface area (Å²) in [7, 11) is -0.938. The van der Waals surface area contributed by atoms with Crippen molar-refractivity contribution in [1.82, 2.24) is 0 Å². The van der Waals surface area contributed by atoms with Gasteiger partial charge in [-0.3, -0.25) is 9.00 Å². The van der Waals surface area contributed by atoms with Crippen LogP contribution in [0.5, 0.6) is 0 Å². The number of ether oxygens (including phenoxy) is 2. The Bertz CT molecular complexity index is 241. The highest BCUT2D eigenvalue weighted by atomic mass is 32.2. The fourth-order valence-electron chi connectivity index (χ4n) is 1.25. The van der Waals surface area contributed by atoms with E-state index in [1.54, 1.807) is 0 Å². The van der Waals surface area contributed by atoms with Gasteiger partial charge in [0.15, 0.2) is 0 Å². The third kappa shape index (κ3) is 10.5. The molecule has 0 spiro atoms. The van der Waals surface area contributed by atoms with E-state index in [2.05, 4.69) is 6.92 Å². The smallest absolute Gasteiger partial charge is 0.303 e. The van der Waals surface area contributed by atoms with Gasteiger partial charge < -0.3 is 9.47 Å². The summed E-state index contributed by atoms with van der Waals surface area (Å²) in [6.45, 7) is 7.56. The zero-order valence-corrected chi connectivity index (χ0v) is 12.0. The molecular formula is C12H24O4S. The lowest BCUT2D eigenvalue weighted by Gasteiger charge is -2.18. The Hall–Kier alpha value is -0.420. The second-order valence-electron chi connectivity index (χ2n) is 4.28. The summed E-state index contributed by atoms with van der Waals surface area (Å²) in [4.78, 5) is 10.9. The van der Waals surface area contributed by atoms with Gasteiger partial charge in [0, 0.05) is 23.5 Å². The molecule has 0 fully saturated rings. The van der Waals surface area contributed by atoms with Crippen molar-refractivity contribution in [3.63, 3.8) is 0 Å². The molecule has 2 atom stereocenters. The predicted molar refractivity (Wildman–Crippen MR) is 69.4 cm³/mol. The third-order valence-electron chi connectivity index (χ3n) is 2.05. The molecule has 0 aliphatic heterocycles. The molecule has 0 unspecified atom stereocenters. The summed E-state index contributed by atoms with van der Waals surface area (Å²) >= 11 is 0. The summed E-state index contributed by atoms with van der Waals surface area (Å²) in [5.74, 6) is 0.678. The first-order chi connectivity index (χ1) is 7.95. The minimum Gasteiger partial charge on any atom is -0.459 e. The number of esters is 1. The second kappa shape index (κ2) is 9.59. The van der Waals surface area contributed by atoms with Gasteiger partial charge >= 0.3 is 5.97 Å². The maximum atomic E-state index is 11.7. The van der Waals surface area contributed by atoms with Gasteiger partial charge in [0.1, 0.15) is 6.10 Å².